The molecule has 2 aromatic rings. The van der Waals surface area contributed by atoms with Crippen molar-refractivity contribution >= 4 is 0 Å². The molecule has 0 fully saturated rings. The summed E-state index contributed by atoms with van der Waals surface area (Å²) in [4.78, 5) is 4.18. The maximum Gasteiger partial charge on any atom is 0.123 e. The molecule has 0 radical (unpaired) electrons. The third-order valence-corrected chi connectivity index (χ3v) is 3.21. The largest absolute Gasteiger partial charge is 0.392 e. The van der Waals surface area contributed by atoms with E-state index in [0.29, 0.717) is 0 Å². The van der Waals surface area contributed by atoms with Crippen molar-refractivity contribution in [2.45, 2.75) is 32.8 Å². The monoisotopic (exact) mass is 259 g/mol. The molecule has 2 rings (SSSR count). The molecule has 0 saturated heterocycles. The Balaban J connectivity index is 2.48. The minimum Gasteiger partial charge on any atom is -0.392 e. The van der Waals surface area contributed by atoms with Crippen LogP contribution in [0, 0.1) is 5.82 Å². The van der Waals surface area contributed by atoms with E-state index in [-0.39, 0.29) is 12.4 Å². The Kier molecular flexibility index (Phi) is 4.63. The minimum atomic E-state index is -0.251. The molecule has 0 amide bonds. The molecular formula is C16H18FNO. The molecule has 0 aliphatic rings. The molecule has 1 aromatic heterocycles. The zero-order valence-corrected chi connectivity index (χ0v) is 11.1. The first kappa shape index (κ1) is 13.7. The van der Waals surface area contributed by atoms with Crippen LogP contribution in [0.3, 0.4) is 0 Å². The maximum atomic E-state index is 13.0. The highest BCUT2D eigenvalue weighted by Gasteiger charge is 2.10. The Labute approximate surface area is 112 Å². The van der Waals surface area contributed by atoms with Crippen LogP contribution >= 0.6 is 0 Å². The molecule has 0 unspecified atom stereocenters. The number of aryl methyl sites for hydroxylation is 1. The van der Waals surface area contributed by atoms with Gasteiger partial charge in [-0.2, -0.15) is 0 Å². The molecule has 19 heavy (non-hydrogen) atoms. The Morgan fingerprint density at radius 1 is 1.11 bits per heavy atom. The zero-order valence-electron chi connectivity index (χ0n) is 11.1. The summed E-state index contributed by atoms with van der Waals surface area (Å²) in [5, 5.41) is 9.47. The van der Waals surface area contributed by atoms with Gasteiger partial charge in [-0.05, 0) is 41.7 Å². The molecule has 0 bridgehead atoms. The van der Waals surface area contributed by atoms with Gasteiger partial charge in [0.1, 0.15) is 5.82 Å². The van der Waals surface area contributed by atoms with Gasteiger partial charge >= 0.3 is 0 Å². The van der Waals surface area contributed by atoms with E-state index in [9.17, 15) is 9.50 Å². The molecule has 1 aromatic carbocycles. The van der Waals surface area contributed by atoms with Crippen molar-refractivity contribution in [1.29, 1.82) is 0 Å². The number of hydrogen-bond acceptors (Lipinski definition) is 2. The number of rotatable bonds is 5. The highest BCUT2D eigenvalue weighted by Crippen LogP contribution is 2.28. The van der Waals surface area contributed by atoms with Crippen LogP contribution in [0.25, 0.3) is 11.1 Å². The summed E-state index contributed by atoms with van der Waals surface area (Å²) < 4.78 is 13.0. The quantitative estimate of drug-likeness (QED) is 0.887. The number of aromatic nitrogens is 1. The Bertz CT molecular complexity index is 537. The van der Waals surface area contributed by atoms with Crippen molar-refractivity contribution in [3.8, 4) is 11.1 Å². The van der Waals surface area contributed by atoms with Gasteiger partial charge in [0.2, 0.25) is 0 Å². The fraction of sp³-hybridized carbons (Fsp3) is 0.312. The van der Waals surface area contributed by atoms with Gasteiger partial charge < -0.3 is 5.11 Å². The van der Waals surface area contributed by atoms with Crippen LogP contribution in [0.2, 0.25) is 0 Å². The number of aliphatic hydroxyl groups excluding tert-OH is 1. The number of nitrogens with zero attached hydrogens (tertiary/aromatic N) is 1. The highest BCUT2D eigenvalue weighted by atomic mass is 19.1. The molecule has 0 atom stereocenters. The first-order valence-corrected chi connectivity index (χ1v) is 6.58. The molecule has 1 heterocycles. The van der Waals surface area contributed by atoms with Crippen LogP contribution < -0.4 is 0 Å². The lowest BCUT2D eigenvalue weighted by Gasteiger charge is -2.13. The molecule has 0 saturated carbocycles. The predicted molar refractivity (Wildman–Crippen MR) is 74.2 cm³/mol. The smallest absolute Gasteiger partial charge is 0.123 e. The predicted octanol–water partition coefficient (Wildman–Crippen LogP) is 3.72. The lowest BCUT2D eigenvalue weighted by molar-refractivity contribution is 0.282. The fourth-order valence-electron chi connectivity index (χ4n) is 2.22. The van der Waals surface area contributed by atoms with Crippen molar-refractivity contribution in [3.63, 3.8) is 0 Å². The SMILES string of the molecule is CCCCc1cncc(CO)c1-c1ccc(F)cc1. The average molecular weight is 259 g/mol. The first-order chi connectivity index (χ1) is 9.26. The van der Waals surface area contributed by atoms with Gasteiger partial charge in [0.15, 0.2) is 0 Å². The summed E-state index contributed by atoms with van der Waals surface area (Å²) in [6.45, 7) is 2.08. The van der Waals surface area contributed by atoms with Crippen molar-refractivity contribution in [2.75, 3.05) is 0 Å². The molecular weight excluding hydrogens is 241 g/mol. The van der Waals surface area contributed by atoms with Crippen LogP contribution in [-0.2, 0) is 13.0 Å². The van der Waals surface area contributed by atoms with E-state index in [1.165, 1.54) is 12.1 Å². The third-order valence-electron chi connectivity index (χ3n) is 3.21. The lowest BCUT2D eigenvalue weighted by atomic mass is 9.94. The number of unbranched alkanes of at least 4 members (excludes halogenated alkanes) is 1. The van der Waals surface area contributed by atoms with Gasteiger partial charge in [0.25, 0.3) is 0 Å². The molecule has 3 heteroatoms. The first-order valence-electron chi connectivity index (χ1n) is 6.58. The van der Waals surface area contributed by atoms with E-state index < -0.39 is 0 Å². The van der Waals surface area contributed by atoms with Gasteiger partial charge in [-0.15, -0.1) is 0 Å². The topological polar surface area (TPSA) is 33.1 Å². The maximum absolute atomic E-state index is 13.0. The number of benzene rings is 1. The zero-order chi connectivity index (χ0) is 13.7. The summed E-state index contributed by atoms with van der Waals surface area (Å²) in [7, 11) is 0. The molecule has 0 spiro atoms. The van der Waals surface area contributed by atoms with Crippen LogP contribution in [0.5, 0.6) is 0 Å². The van der Waals surface area contributed by atoms with Gasteiger partial charge in [-0.3, -0.25) is 4.98 Å². The second-order valence-electron chi connectivity index (χ2n) is 4.60. The molecule has 0 aliphatic carbocycles. The van der Waals surface area contributed by atoms with Crippen LogP contribution in [0.4, 0.5) is 4.39 Å². The normalized spacial score (nSPS) is 10.7. The Morgan fingerprint density at radius 2 is 1.79 bits per heavy atom. The minimum absolute atomic E-state index is 0.0559. The van der Waals surface area contributed by atoms with Gasteiger partial charge in [0, 0.05) is 18.0 Å². The van der Waals surface area contributed by atoms with Crippen molar-refractivity contribution in [3.05, 3.63) is 53.6 Å². The third kappa shape index (κ3) is 3.18. The fourth-order valence-corrected chi connectivity index (χ4v) is 2.22. The molecule has 2 nitrogen and oxygen atoms in total. The Morgan fingerprint density at radius 3 is 2.42 bits per heavy atom. The number of pyridine rings is 1. The summed E-state index contributed by atoms with van der Waals surface area (Å²) in [5.41, 5.74) is 3.82. The standard InChI is InChI=1S/C16H18FNO/c1-2-3-4-13-9-18-10-14(11-19)16(13)12-5-7-15(17)8-6-12/h5-10,19H,2-4,11H2,1H3. The van der Waals surface area contributed by atoms with Gasteiger partial charge in [-0.25, -0.2) is 4.39 Å². The van der Waals surface area contributed by atoms with E-state index in [1.54, 1.807) is 18.3 Å². The summed E-state index contributed by atoms with van der Waals surface area (Å²) in [6, 6.07) is 6.39. The lowest BCUT2D eigenvalue weighted by Crippen LogP contribution is -1.98. The van der Waals surface area contributed by atoms with Gasteiger partial charge in [-0.1, -0.05) is 25.5 Å². The number of hydrogen-bond donors (Lipinski definition) is 1. The van der Waals surface area contributed by atoms with Crippen LogP contribution in [0.1, 0.15) is 30.9 Å². The molecule has 0 aliphatic heterocycles. The van der Waals surface area contributed by atoms with Crippen LogP contribution in [0.15, 0.2) is 36.7 Å². The van der Waals surface area contributed by atoms with E-state index >= 15 is 0 Å². The average Bonchev–Trinajstić information content (AvgIpc) is 2.45. The summed E-state index contributed by atoms with van der Waals surface area (Å²) in [6.07, 6.45) is 6.61. The van der Waals surface area contributed by atoms with E-state index in [1.807, 2.05) is 6.20 Å². The van der Waals surface area contributed by atoms with Crippen LogP contribution in [-0.4, -0.2) is 10.1 Å². The van der Waals surface area contributed by atoms with Gasteiger partial charge in [0.05, 0.1) is 6.61 Å². The van der Waals surface area contributed by atoms with Crippen molar-refractivity contribution in [2.24, 2.45) is 0 Å². The second-order valence-corrected chi connectivity index (χ2v) is 4.60. The Hall–Kier alpha value is -1.74. The second kappa shape index (κ2) is 6.43. The van der Waals surface area contributed by atoms with Crippen molar-refractivity contribution < 1.29 is 9.50 Å². The van der Waals surface area contributed by atoms with E-state index in [0.717, 1.165) is 41.5 Å². The van der Waals surface area contributed by atoms with E-state index in [2.05, 4.69) is 11.9 Å². The molecule has 1 N–H and O–H groups in total. The van der Waals surface area contributed by atoms with Crippen molar-refractivity contribution in [1.82, 2.24) is 4.98 Å². The summed E-state index contributed by atoms with van der Waals surface area (Å²) >= 11 is 0. The number of halogens is 1. The highest BCUT2D eigenvalue weighted by molar-refractivity contribution is 5.70. The molecule has 100 valence electrons. The number of aliphatic hydroxyl groups is 1. The van der Waals surface area contributed by atoms with E-state index in [4.69, 9.17) is 0 Å². The summed E-state index contributed by atoms with van der Waals surface area (Å²) in [5.74, 6) is -0.251.